The number of fused-ring (bicyclic) bond motifs is 1. The number of anilines is 1. The Bertz CT molecular complexity index is 980. The van der Waals surface area contributed by atoms with Gasteiger partial charge in [0.05, 0.1) is 19.9 Å². The Hall–Kier alpha value is -3.28. The van der Waals surface area contributed by atoms with Crippen molar-refractivity contribution in [1.82, 2.24) is 9.78 Å². The van der Waals surface area contributed by atoms with Crippen LogP contribution in [0.15, 0.2) is 48.5 Å². The Balaban J connectivity index is 1.65. The minimum Gasteiger partial charge on any atom is -0.493 e. The second-order valence-electron chi connectivity index (χ2n) is 6.40. The highest BCUT2D eigenvalue weighted by Gasteiger charge is 2.27. The van der Waals surface area contributed by atoms with Gasteiger partial charge in [-0.2, -0.15) is 5.10 Å². The summed E-state index contributed by atoms with van der Waals surface area (Å²) in [6.07, 6.45) is 2.84. The minimum atomic E-state index is -0.213. The summed E-state index contributed by atoms with van der Waals surface area (Å²) in [6, 6.07) is 15.2. The highest BCUT2D eigenvalue weighted by molar-refractivity contribution is 6.04. The molecule has 6 heteroatoms. The summed E-state index contributed by atoms with van der Waals surface area (Å²) >= 11 is 0. The molecule has 27 heavy (non-hydrogen) atoms. The molecule has 0 bridgehead atoms. The maximum Gasteiger partial charge on any atom is 0.276 e. The fourth-order valence-electron chi connectivity index (χ4n) is 3.51. The zero-order chi connectivity index (χ0) is 18.8. The Kier molecular flexibility index (Phi) is 4.54. The molecule has 6 nitrogen and oxygen atoms in total. The molecule has 0 unspecified atom stereocenters. The molecule has 1 aliphatic rings. The molecular formula is C21H21N3O3. The Labute approximate surface area is 157 Å². The van der Waals surface area contributed by atoms with Crippen LogP contribution in [-0.2, 0) is 12.8 Å². The monoisotopic (exact) mass is 363 g/mol. The van der Waals surface area contributed by atoms with Gasteiger partial charge in [0.2, 0.25) is 0 Å². The van der Waals surface area contributed by atoms with E-state index in [-0.39, 0.29) is 5.91 Å². The van der Waals surface area contributed by atoms with E-state index in [1.54, 1.807) is 32.4 Å². The SMILES string of the molecule is COc1ccc(NC(=O)c2nn(-c3ccccc3)c3c2CCC3)cc1OC. The molecular weight excluding hydrogens is 342 g/mol. The first-order valence-electron chi connectivity index (χ1n) is 8.91. The molecule has 2 aromatic carbocycles. The number of carbonyl (C=O) groups is 1. The topological polar surface area (TPSA) is 65.4 Å². The van der Waals surface area contributed by atoms with Crippen molar-refractivity contribution in [3.8, 4) is 17.2 Å². The van der Waals surface area contributed by atoms with Crippen molar-refractivity contribution in [2.45, 2.75) is 19.3 Å². The van der Waals surface area contributed by atoms with Gasteiger partial charge in [-0.15, -0.1) is 0 Å². The molecule has 1 heterocycles. The summed E-state index contributed by atoms with van der Waals surface area (Å²) in [5.41, 5.74) is 4.26. The number of nitrogens with one attached hydrogen (secondary N) is 1. The van der Waals surface area contributed by atoms with Crippen LogP contribution in [0.2, 0.25) is 0 Å². The van der Waals surface area contributed by atoms with Crippen LogP contribution >= 0.6 is 0 Å². The molecule has 1 aromatic heterocycles. The number of amides is 1. The summed E-state index contributed by atoms with van der Waals surface area (Å²) in [5.74, 6) is 0.968. The van der Waals surface area contributed by atoms with Gasteiger partial charge in [0, 0.05) is 23.0 Å². The molecule has 1 amide bonds. The maximum atomic E-state index is 12.9. The first-order valence-corrected chi connectivity index (χ1v) is 8.91. The second kappa shape index (κ2) is 7.15. The fraction of sp³-hybridized carbons (Fsp3) is 0.238. The highest BCUT2D eigenvalue weighted by Crippen LogP contribution is 2.31. The van der Waals surface area contributed by atoms with Crippen LogP contribution in [0.4, 0.5) is 5.69 Å². The van der Waals surface area contributed by atoms with E-state index in [9.17, 15) is 4.79 Å². The van der Waals surface area contributed by atoms with Crippen LogP contribution < -0.4 is 14.8 Å². The van der Waals surface area contributed by atoms with E-state index >= 15 is 0 Å². The van der Waals surface area contributed by atoms with Crippen LogP contribution in [0.25, 0.3) is 5.69 Å². The summed E-state index contributed by atoms with van der Waals surface area (Å²) in [7, 11) is 3.15. The molecule has 0 saturated carbocycles. The fourth-order valence-corrected chi connectivity index (χ4v) is 3.51. The van der Waals surface area contributed by atoms with E-state index in [0.717, 1.165) is 36.2 Å². The molecule has 0 radical (unpaired) electrons. The number of para-hydroxylation sites is 1. The Morgan fingerprint density at radius 1 is 1.04 bits per heavy atom. The lowest BCUT2D eigenvalue weighted by Crippen LogP contribution is -2.15. The van der Waals surface area contributed by atoms with Gasteiger partial charge in [-0.3, -0.25) is 4.79 Å². The van der Waals surface area contributed by atoms with Crippen LogP contribution in [0.5, 0.6) is 11.5 Å². The third-order valence-electron chi connectivity index (χ3n) is 4.79. The van der Waals surface area contributed by atoms with Crippen molar-refractivity contribution in [3.63, 3.8) is 0 Å². The third-order valence-corrected chi connectivity index (χ3v) is 4.79. The Morgan fingerprint density at radius 2 is 1.81 bits per heavy atom. The Morgan fingerprint density at radius 3 is 2.56 bits per heavy atom. The number of hydrogen-bond acceptors (Lipinski definition) is 4. The molecule has 0 spiro atoms. The second-order valence-corrected chi connectivity index (χ2v) is 6.40. The van der Waals surface area contributed by atoms with Crippen molar-refractivity contribution >= 4 is 11.6 Å². The molecule has 3 aromatic rings. The smallest absolute Gasteiger partial charge is 0.276 e. The van der Waals surface area contributed by atoms with Crippen molar-refractivity contribution in [2.24, 2.45) is 0 Å². The van der Waals surface area contributed by atoms with Gasteiger partial charge in [-0.25, -0.2) is 4.68 Å². The molecule has 1 N–H and O–H groups in total. The number of aromatic nitrogens is 2. The molecule has 0 fully saturated rings. The quantitative estimate of drug-likeness (QED) is 0.752. The van der Waals surface area contributed by atoms with E-state index in [1.807, 2.05) is 35.0 Å². The maximum absolute atomic E-state index is 12.9. The molecule has 0 aliphatic heterocycles. The molecule has 0 atom stereocenters. The van der Waals surface area contributed by atoms with E-state index in [0.29, 0.717) is 22.9 Å². The molecule has 1 aliphatic carbocycles. The number of nitrogens with zero attached hydrogens (tertiary/aromatic N) is 2. The number of hydrogen-bond donors (Lipinski definition) is 1. The average Bonchev–Trinajstić information content (AvgIpc) is 3.31. The third kappa shape index (κ3) is 3.14. The van der Waals surface area contributed by atoms with Crippen molar-refractivity contribution in [2.75, 3.05) is 19.5 Å². The average molecular weight is 363 g/mol. The zero-order valence-electron chi connectivity index (χ0n) is 15.4. The number of methoxy groups -OCH3 is 2. The molecule has 0 saturated heterocycles. The summed E-state index contributed by atoms with van der Waals surface area (Å²) in [6.45, 7) is 0. The van der Waals surface area contributed by atoms with Crippen LogP contribution in [0.3, 0.4) is 0 Å². The van der Waals surface area contributed by atoms with Crippen molar-refractivity contribution in [3.05, 3.63) is 65.5 Å². The minimum absolute atomic E-state index is 0.213. The summed E-state index contributed by atoms with van der Waals surface area (Å²) in [4.78, 5) is 12.9. The lowest BCUT2D eigenvalue weighted by atomic mass is 10.2. The van der Waals surface area contributed by atoms with Crippen molar-refractivity contribution in [1.29, 1.82) is 0 Å². The van der Waals surface area contributed by atoms with Gasteiger partial charge in [0.1, 0.15) is 0 Å². The van der Waals surface area contributed by atoms with Crippen LogP contribution in [0, 0.1) is 0 Å². The standard InChI is InChI=1S/C21H21N3O3/c1-26-18-12-11-14(13-19(18)27-2)22-21(25)20-16-9-6-10-17(16)24(23-20)15-7-4-3-5-8-15/h3-5,7-8,11-13H,6,9-10H2,1-2H3,(H,22,25). The number of carbonyl (C=O) groups excluding carboxylic acids is 1. The van der Waals surface area contributed by atoms with E-state index < -0.39 is 0 Å². The first-order chi connectivity index (χ1) is 13.2. The first kappa shape index (κ1) is 17.1. The number of rotatable bonds is 5. The molecule has 4 rings (SSSR count). The lowest BCUT2D eigenvalue weighted by Gasteiger charge is -2.10. The van der Waals surface area contributed by atoms with E-state index in [2.05, 4.69) is 10.4 Å². The van der Waals surface area contributed by atoms with Gasteiger partial charge in [0.25, 0.3) is 5.91 Å². The normalized spacial score (nSPS) is 12.5. The summed E-state index contributed by atoms with van der Waals surface area (Å²) in [5, 5.41) is 7.55. The van der Waals surface area contributed by atoms with Crippen LogP contribution in [0.1, 0.15) is 28.2 Å². The summed E-state index contributed by atoms with van der Waals surface area (Å²) < 4.78 is 12.4. The molecule has 138 valence electrons. The van der Waals surface area contributed by atoms with Gasteiger partial charge >= 0.3 is 0 Å². The lowest BCUT2D eigenvalue weighted by molar-refractivity contribution is 0.102. The predicted octanol–water partition coefficient (Wildman–Crippen LogP) is 3.63. The van der Waals surface area contributed by atoms with Gasteiger partial charge in [-0.1, -0.05) is 18.2 Å². The van der Waals surface area contributed by atoms with E-state index in [4.69, 9.17) is 9.47 Å². The zero-order valence-corrected chi connectivity index (χ0v) is 15.4. The predicted molar refractivity (Wildman–Crippen MR) is 103 cm³/mol. The number of benzene rings is 2. The van der Waals surface area contributed by atoms with Gasteiger partial charge in [0.15, 0.2) is 17.2 Å². The van der Waals surface area contributed by atoms with Crippen molar-refractivity contribution < 1.29 is 14.3 Å². The number of ether oxygens (including phenoxy) is 2. The van der Waals surface area contributed by atoms with Gasteiger partial charge < -0.3 is 14.8 Å². The van der Waals surface area contributed by atoms with E-state index in [1.165, 1.54) is 0 Å². The van der Waals surface area contributed by atoms with Crippen LogP contribution in [-0.4, -0.2) is 29.9 Å². The highest BCUT2D eigenvalue weighted by atomic mass is 16.5. The largest absolute Gasteiger partial charge is 0.493 e. The van der Waals surface area contributed by atoms with Gasteiger partial charge in [-0.05, 0) is 43.5 Å².